The van der Waals surface area contributed by atoms with E-state index in [9.17, 15) is 19.2 Å². The summed E-state index contributed by atoms with van der Waals surface area (Å²) >= 11 is 0. The van der Waals surface area contributed by atoms with E-state index in [1.807, 2.05) is 0 Å². The normalized spacial score (nSPS) is 15.9. The third-order valence-electron chi connectivity index (χ3n) is 3.77. The van der Waals surface area contributed by atoms with Crippen molar-refractivity contribution in [1.29, 1.82) is 0 Å². The van der Waals surface area contributed by atoms with Crippen LogP contribution >= 0.6 is 0 Å². The maximum atomic E-state index is 12.0. The van der Waals surface area contributed by atoms with Gasteiger partial charge in [0.05, 0.1) is 18.9 Å². The molecule has 0 saturated carbocycles. The second-order valence-corrected chi connectivity index (χ2v) is 6.13. The summed E-state index contributed by atoms with van der Waals surface area (Å²) in [6.45, 7) is 3.14. The number of carbonyl (C=O) groups excluding carboxylic acids is 4. The summed E-state index contributed by atoms with van der Waals surface area (Å²) in [5.41, 5.74) is 2.13. The number of nitrogens with one attached hydrogen (secondary N) is 2. The number of amides is 4. The molecule has 1 aliphatic rings. The van der Waals surface area contributed by atoms with Crippen LogP contribution in [-0.4, -0.2) is 54.1 Å². The third kappa shape index (κ3) is 4.24. The fraction of sp³-hybridized carbons (Fsp3) is 0.353. The van der Waals surface area contributed by atoms with Gasteiger partial charge in [-0.25, -0.2) is 15.0 Å². The van der Waals surface area contributed by atoms with Gasteiger partial charge in [0.25, 0.3) is 5.91 Å². The first-order chi connectivity index (χ1) is 12.3. The standard InChI is InChI=1S/C17H20N4O5/c1-17(2)15(24)21(16(25)19-17)9-8-13(22)20-18-10-11-6-4-5-7-12(11)14(23)26-3/h4-7,10H,8-9H2,1-3H3,(H,19,25)(H,20,22)/b18-10-. The molecule has 0 aromatic heterocycles. The average molecular weight is 360 g/mol. The van der Waals surface area contributed by atoms with E-state index in [4.69, 9.17) is 0 Å². The lowest BCUT2D eigenvalue weighted by Gasteiger charge is -2.15. The number of imide groups is 1. The molecule has 0 radical (unpaired) electrons. The number of benzene rings is 1. The Kier molecular flexibility index (Phi) is 5.71. The number of carbonyl (C=O) groups is 4. The van der Waals surface area contributed by atoms with Crippen LogP contribution in [0.15, 0.2) is 29.4 Å². The van der Waals surface area contributed by atoms with Gasteiger partial charge in [-0.3, -0.25) is 14.5 Å². The van der Waals surface area contributed by atoms with E-state index in [-0.39, 0.29) is 18.9 Å². The minimum Gasteiger partial charge on any atom is -0.465 e. The SMILES string of the molecule is COC(=O)c1ccccc1/C=N\NC(=O)CCN1C(=O)NC(C)(C)C1=O. The Morgan fingerprint density at radius 3 is 2.62 bits per heavy atom. The van der Waals surface area contributed by atoms with Crippen LogP contribution in [0.4, 0.5) is 4.79 Å². The summed E-state index contributed by atoms with van der Waals surface area (Å²) in [6.07, 6.45) is 1.23. The smallest absolute Gasteiger partial charge is 0.338 e. The molecule has 26 heavy (non-hydrogen) atoms. The summed E-state index contributed by atoms with van der Waals surface area (Å²) in [5, 5.41) is 6.33. The predicted molar refractivity (Wildman–Crippen MR) is 92.5 cm³/mol. The van der Waals surface area contributed by atoms with E-state index in [2.05, 4.69) is 20.6 Å². The number of hydrazone groups is 1. The highest BCUT2D eigenvalue weighted by Gasteiger charge is 2.43. The zero-order valence-electron chi connectivity index (χ0n) is 14.7. The molecule has 1 heterocycles. The van der Waals surface area contributed by atoms with E-state index < -0.39 is 23.4 Å². The molecule has 2 rings (SSSR count). The molecule has 0 spiro atoms. The summed E-state index contributed by atoms with van der Waals surface area (Å²) in [4.78, 5) is 48.2. The Bertz CT molecular complexity index is 772. The van der Waals surface area contributed by atoms with Gasteiger partial charge in [0.15, 0.2) is 0 Å². The number of hydrogen-bond acceptors (Lipinski definition) is 6. The Balaban J connectivity index is 1.90. The van der Waals surface area contributed by atoms with Crippen LogP contribution in [0.2, 0.25) is 0 Å². The minimum absolute atomic E-state index is 0.0474. The van der Waals surface area contributed by atoms with E-state index >= 15 is 0 Å². The zero-order valence-corrected chi connectivity index (χ0v) is 14.7. The van der Waals surface area contributed by atoms with Gasteiger partial charge in [-0.1, -0.05) is 18.2 Å². The topological polar surface area (TPSA) is 117 Å². The summed E-state index contributed by atoms with van der Waals surface area (Å²) in [6, 6.07) is 6.10. The van der Waals surface area contributed by atoms with Gasteiger partial charge < -0.3 is 10.1 Å². The van der Waals surface area contributed by atoms with Crippen LogP contribution in [0.1, 0.15) is 36.2 Å². The molecule has 0 bridgehead atoms. The van der Waals surface area contributed by atoms with Crippen molar-refractivity contribution in [2.24, 2.45) is 5.10 Å². The maximum Gasteiger partial charge on any atom is 0.338 e. The van der Waals surface area contributed by atoms with Crippen molar-refractivity contribution < 1.29 is 23.9 Å². The fourth-order valence-corrected chi connectivity index (χ4v) is 2.37. The highest BCUT2D eigenvalue weighted by Crippen LogP contribution is 2.16. The summed E-state index contributed by atoms with van der Waals surface area (Å²) in [5.74, 6) is -1.37. The molecule has 1 aliphatic heterocycles. The Hall–Kier alpha value is -3.23. The first-order valence-electron chi connectivity index (χ1n) is 7.89. The number of nitrogens with zero attached hydrogens (tertiary/aromatic N) is 2. The maximum absolute atomic E-state index is 12.0. The van der Waals surface area contributed by atoms with Crippen LogP contribution < -0.4 is 10.7 Å². The quantitative estimate of drug-likeness (QED) is 0.334. The second-order valence-electron chi connectivity index (χ2n) is 6.13. The predicted octanol–water partition coefficient (Wildman–Crippen LogP) is 0.644. The second kappa shape index (κ2) is 7.77. The molecule has 0 aliphatic carbocycles. The van der Waals surface area contributed by atoms with Crippen LogP contribution in [0.5, 0.6) is 0 Å². The van der Waals surface area contributed by atoms with Crippen molar-refractivity contribution >= 4 is 30.0 Å². The molecular formula is C17H20N4O5. The van der Waals surface area contributed by atoms with Gasteiger partial charge in [-0.15, -0.1) is 0 Å². The largest absolute Gasteiger partial charge is 0.465 e. The summed E-state index contributed by atoms with van der Waals surface area (Å²) < 4.78 is 4.67. The van der Waals surface area contributed by atoms with Crippen LogP contribution in [0.3, 0.4) is 0 Å². The van der Waals surface area contributed by atoms with Crippen LogP contribution in [0, 0.1) is 0 Å². The first kappa shape index (κ1) is 19.1. The monoisotopic (exact) mass is 360 g/mol. The first-order valence-corrected chi connectivity index (χ1v) is 7.89. The van der Waals surface area contributed by atoms with Crippen molar-refractivity contribution in [3.8, 4) is 0 Å². The number of urea groups is 1. The van der Waals surface area contributed by atoms with Gasteiger partial charge in [0, 0.05) is 18.5 Å². The molecule has 1 aromatic rings. The molecule has 0 atom stereocenters. The lowest BCUT2D eigenvalue weighted by molar-refractivity contribution is -0.130. The van der Waals surface area contributed by atoms with Gasteiger partial charge >= 0.3 is 12.0 Å². The fourth-order valence-electron chi connectivity index (χ4n) is 2.37. The molecule has 1 fully saturated rings. The third-order valence-corrected chi connectivity index (χ3v) is 3.77. The van der Waals surface area contributed by atoms with Crippen molar-refractivity contribution in [2.75, 3.05) is 13.7 Å². The van der Waals surface area contributed by atoms with Crippen LogP contribution in [-0.2, 0) is 14.3 Å². The molecule has 9 nitrogen and oxygen atoms in total. The van der Waals surface area contributed by atoms with Gasteiger partial charge in [-0.05, 0) is 19.9 Å². The molecule has 4 amide bonds. The molecule has 1 saturated heterocycles. The van der Waals surface area contributed by atoms with Gasteiger partial charge in [0.1, 0.15) is 5.54 Å². The Morgan fingerprint density at radius 2 is 2.00 bits per heavy atom. The van der Waals surface area contributed by atoms with Crippen molar-refractivity contribution in [1.82, 2.24) is 15.6 Å². The number of methoxy groups -OCH3 is 1. The molecular weight excluding hydrogens is 340 g/mol. The highest BCUT2D eigenvalue weighted by molar-refractivity contribution is 6.06. The van der Waals surface area contributed by atoms with Gasteiger partial charge in [-0.2, -0.15) is 5.10 Å². The van der Waals surface area contributed by atoms with E-state index in [1.54, 1.807) is 38.1 Å². The molecule has 1 aromatic carbocycles. The number of esters is 1. The molecule has 9 heteroatoms. The van der Waals surface area contributed by atoms with Crippen molar-refractivity contribution in [3.63, 3.8) is 0 Å². The average Bonchev–Trinajstić information content (AvgIpc) is 2.80. The lowest BCUT2D eigenvalue weighted by atomic mass is 10.1. The number of rotatable bonds is 6. The number of ether oxygens (including phenoxy) is 1. The van der Waals surface area contributed by atoms with Crippen molar-refractivity contribution in [2.45, 2.75) is 25.8 Å². The number of hydrogen-bond donors (Lipinski definition) is 2. The summed E-state index contributed by atoms with van der Waals surface area (Å²) in [7, 11) is 1.27. The van der Waals surface area contributed by atoms with Crippen LogP contribution in [0.25, 0.3) is 0 Å². The highest BCUT2D eigenvalue weighted by atomic mass is 16.5. The Morgan fingerprint density at radius 1 is 1.31 bits per heavy atom. The van der Waals surface area contributed by atoms with Gasteiger partial charge in [0.2, 0.25) is 5.91 Å². The lowest BCUT2D eigenvalue weighted by Crippen LogP contribution is -2.40. The van der Waals surface area contributed by atoms with Crippen molar-refractivity contribution in [3.05, 3.63) is 35.4 Å². The Labute approximate surface area is 150 Å². The minimum atomic E-state index is -0.969. The molecule has 138 valence electrons. The van der Waals surface area contributed by atoms with E-state index in [0.717, 1.165) is 4.90 Å². The van der Waals surface area contributed by atoms with E-state index in [1.165, 1.54) is 13.3 Å². The zero-order chi connectivity index (χ0) is 19.3. The molecule has 0 unspecified atom stereocenters. The molecule has 2 N–H and O–H groups in total. The van der Waals surface area contributed by atoms with E-state index in [0.29, 0.717) is 11.1 Å².